The third kappa shape index (κ3) is 3.27. The van der Waals surface area contributed by atoms with Crippen molar-refractivity contribution in [2.75, 3.05) is 19.5 Å². The summed E-state index contributed by atoms with van der Waals surface area (Å²) in [7, 11) is 3.21. The van der Waals surface area contributed by atoms with E-state index < -0.39 is 5.63 Å². The molecule has 5 rings (SSSR count). The van der Waals surface area contributed by atoms with Crippen LogP contribution in [0.4, 0.5) is 10.3 Å². The van der Waals surface area contributed by atoms with E-state index >= 15 is 0 Å². The minimum Gasteiger partial charge on any atom is -0.497 e. The highest BCUT2D eigenvalue weighted by Gasteiger charge is 2.15. The van der Waals surface area contributed by atoms with E-state index in [2.05, 4.69) is 15.3 Å². The monoisotopic (exact) mass is 437 g/mol. The number of methoxy groups -OCH3 is 2. The lowest BCUT2D eigenvalue weighted by atomic mass is 10.1. The lowest BCUT2D eigenvalue weighted by Gasteiger charge is -2.03. The zero-order chi connectivity index (χ0) is 20.7. The number of nitrogens with zero attached hydrogens (tertiary/aromatic N) is 2. The summed E-state index contributed by atoms with van der Waals surface area (Å²) >= 11 is 2.85. The Labute approximate surface area is 178 Å². The first-order chi connectivity index (χ1) is 14.6. The molecule has 1 N–H and O–H groups in total. The third-order valence-corrected chi connectivity index (χ3v) is 6.20. The summed E-state index contributed by atoms with van der Waals surface area (Å²) in [6, 6.07) is 12.9. The molecule has 2 aromatic carbocycles. The van der Waals surface area contributed by atoms with Gasteiger partial charge in [-0.1, -0.05) is 29.5 Å². The van der Waals surface area contributed by atoms with Gasteiger partial charge in [-0.3, -0.25) is 0 Å². The average molecular weight is 438 g/mol. The predicted octanol–water partition coefficient (Wildman–Crippen LogP) is 5.29. The first kappa shape index (κ1) is 18.6. The number of hydrogen-bond acceptors (Lipinski definition) is 9. The van der Waals surface area contributed by atoms with Gasteiger partial charge >= 0.3 is 5.63 Å². The van der Waals surface area contributed by atoms with Crippen molar-refractivity contribution in [1.29, 1.82) is 0 Å². The molecule has 30 heavy (non-hydrogen) atoms. The van der Waals surface area contributed by atoms with E-state index in [9.17, 15) is 4.79 Å². The summed E-state index contributed by atoms with van der Waals surface area (Å²) in [6.45, 7) is 0. The zero-order valence-electron chi connectivity index (χ0n) is 16.0. The molecule has 0 saturated carbocycles. The number of ether oxygens (including phenoxy) is 2. The zero-order valence-corrected chi connectivity index (χ0v) is 17.6. The van der Waals surface area contributed by atoms with Crippen LogP contribution < -0.4 is 20.4 Å². The Balaban J connectivity index is 1.48. The van der Waals surface area contributed by atoms with Crippen LogP contribution in [0.1, 0.15) is 0 Å². The van der Waals surface area contributed by atoms with Crippen LogP contribution in [0, 0.1) is 0 Å². The molecule has 3 aromatic heterocycles. The van der Waals surface area contributed by atoms with E-state index in [-0.39, 0.29) is 0 Å². The maximum Gasteiger partial charge on any atom is 0.345 e. The van der Waals surface area contributed by atoms with Crippen LogP contribution in [0.3, 0.4) is 0 Å². The number of benzene rings is 2. The standard InChI is InChI=1S/C21H15N3O4S2/c1-26-12-8-16(27-2)18-17(9-12)30-21(23-18)24-20-22-14(10-29-20)13-7-11-5-3-4-6-15(11)28-19(13)25/h3-10H,1-2H3,(H,22,23,24). The molecular formula is C21H15N3O4S2. The van der Waals surface area contributed by atoms with Gasteiger partial charge in [-0.2, -0.15) is 0 Å². The van der Waals surface area contributed by atoms with Crippen LogP contribution >= 0.6 is 22.7 Å². The van der Waals surface area contributed by atoms with E-state index in [4.69, 9.17) is 13.9 Å². The van der Waals surface area contributed by atoms with Gasteiger partial charge in [0.15, 0.2) is 10.3 Å². The molecule has 7 nitrogen and oxygen atoms in total. The van der Waals surface area contributed by atoms with Crippen molar-refractivity contribution in [3.8, 4) is 22.8 Å². The van der Waals surface area contributed by atoms with Gasteiger partial charge < -0.3 is 19.2 Å². The number of fused-ring (bicyclic) bond motifs is 2. The molecule has 0 atom stereocenters. The molecule has 0 saturated heterocycles. The first-order valence-electron chi connectivity index (χ1n) is 8.93. The number of anilines is 2. The Morgan fingerprint density at radius 2 is 1.90 bits per heavy atom. The molecule has 0 aliphatic carbocycles. The molecule has 0 radical (unpaired) electrons. The smallest absolute Gasteiger partial charge is 0.345 e. The summed E-state index contributed by atoms with van der Waals surface area (Å²) in [5.74, 6) is 1.34. The van der Waals surface area contributed by atoms with Crippen molar-refractivity contribution < 1.29 is 13.9 Å². The number of aromatic nitrogens is 2. The fraction of sp³-hybridized carbons (Fsp3) is 0.0952. The lowest BCUT2D eigenvalue weighted by Crippen LogP contribution is -2.02. The van der Waals surface area contributed by atoms with Crippen LogP contribution in [-0.2, 0) is 0 Å². The lowest BCUT2D eigenvalue weighted by molar-refractivity contribution is 0.397. The van der Waals surface area contributed by atoms with Gasteiger partial charge in [0, 0.05) is 16.8 Å². The molecule has 0 aliphatic rings. The van der Waals surface area contributed by atoms with E-state index in [0.717, 1.165) is 15.6 Å². The highest BCUT2D eigenvalue weighted by atomic mass is 32.1. The number of nitrogens with one attached hydrogen (secondary N) is 1. The molecule has 0 spiro atoms. The summed E-state index contributed by atoms with van der Waals surface area (Å²) in [4.78, 5) is 21.5. The van der Waals surface area contributed by atoms with Crippen molar-refractivity contribution in [2.45, 2.75) is 0 Å². The van der Waals surface area contributed by atoms with E-state index in [1.165, 1.54) is 22.7 Å². The number of rotatable bonds is 5. The predicted molar refractivity (Wildman–Crippen MR) is 120 cm³/mol. The Bertz CT molecular complexity index is 1440. The Kier molecular flexibility index (Phi) is 4.61. The SMILES string of the molecule is COc1cc(OC)c2nc(Nc3nc(-c4cc5ccccc5oc4=O)cs3)sc2c1. The molecule has 150 valence electrons. The molecule has 3 heterocycles. The Morgan fingerprint density at radius 3 is 2.73 bits per heavy atom. The van der Waals surface area contributed by atoms with Crippen molar-refractivity contribution in [3.05, 3.63) is 58.3 Å². The largest absolute Gasteiger partial charge is 0.497 e. The third-order valence-electron chi connectivity index (χ3n) is 4.52. The number of para-hydroxylation sites is 1. The summed E-state index contributed by atoms with van der Waals surface area (Å²) in [5, 5.41) is 7.18. The highest BCUT2D eigenvalue weighted by Crippen LogP contribution is 2.37. The van der Waals surface area contributed by atoms with E-state index in [1.54, 1.807) is 32.4 Å². The molecule has 0 aliphatic heterocycles. The van der Waals surface area contributed by atoms with Gasteiger partial charge in [-0.25, -0.2) is 14.8 Å². The maximum absolute atomic E-state index is 12.4. The summed E-state index contributed by atoms with van der Waals surface area (Å²) in [5.41, 5.74) is 1.87. The van der Waals surface area contributed by atoms with Gasteiger partial charge in [0.25, 0.3) is 0 Å². The summed E-state index contributed by atoms with van der Waals surface area (Å²) < 4.78 is 17.1. The molecule has 0 fully saturated rings. The minimum atomic E-state index is -0.414. The maximum atomic E-state index is 12.4. The van der Waals surface area contributed by atoms with Crippen LogP contribution in [-0.4, -0.2) is 24.2 Å². The van der Waals surface area contributed by atoms with Gasteiger partial charge in [0.1, 0.15) is 22.6 Å². The normalized spacial score (nSPS) is 11.1. The fourth-order valence-electron chi connectivity index (χ4n) is 3.09. The average Bonchev–Trinajstić information content (AvgIpc) is 3.39. The number of hydrogen-bond donors (Lipinski definition) is 1. The van der Waals surface area contributed by atoms with Crippen molar-refractivity contribution in [3.63, 3.8) is 0 Å². The first-order valence-corrected chi connectivity index (χ1v) is 10.6. The van der Waals surface area contributed by atoms with Crippen molar-refractivity contribution in [1.82, 2.24) is 9.97 Å². The minimum absolute atomic E-state index is 0.414. The summed E-state index contributed by atoms with van der Waals surface area (Å²) in [6.07, 6.45) is 0. The van der Waals surface area contributed by atoms with E-state index in [1.807, 2.05) is 29.6 Å². The van der Waals surface area contributed by atoms with Crippen molar-refractivity contribution in [2.24, 2.45) is 0 Å². The van der Waals surface area contributed by atoms with Crippen LogP contribution in [0.25, 0.3) is 32.4 Å². The molecule has 0 bridgehead atoms. The fourth-order valence-corrected chi connectivity index (χ4v) is 4.77. The second-order valence-electron chi connectivity index (χ2n) is 6.34. The van der Waals surface area contributed by atoms with E-state index in [0.29, 0.717) is 38.6 Å². The second kappa shape index (κ2) is 7.43. The number of thiazole rings is 2. The van der Waals surface area contributed by atoms with Crippen LogP contribution in [0.5, 0.6) is 11.5 Å². The topological polar surface area (TPSA) is 86.5 Å². The van der Waals surface area contributed by atoms with Crippen molar-refractivity contribution >= 4 is 54.1 Å². The van der Waals surface area contributed by atoms with Gasteiger partial charge in [-0.05, 0) is 18.2 Å². The Morgan fingerprint density at radius 1 is 1.03 bits per heavy atom. The highest BCUT2D eigenvalue weighted by molar-refractivity contribution is 7.22. The van der Waals surface area contributed by atoms with Crippen LogP contribution in [0.15, 0.2) is 57.1 Å². The van der Waals surface area contributed by atoms with Gasteiger partial charge in [-0.15, -0.1) is 11.3 Å². The molecule has 0 unspecified atom stereocenters. The van der Waals surface area contributed by atoms with Crippen LogP contribution in [0.2, 0.25) is 0 Å². The molecular weight excluding hydrogens is 422 g/mol. The molecule has 0 amide bonds. The van der Waals surface area contributed by atoms with Gasteiger partial charge in [0.05, 0.1) is 30.2 Å². The second-order valence-corrected chi connectivity index (χ2v) is 8.23. The Hall–Kier alpha value is -3.43. The molecule has 9 heteroatoms. The quantitative estimate of drug-likeness (QED) is 0.374. The van der Waals surface area contributed by atoms with Gasteiger partial charge in [0.2, 0.25) is 0 Å². The molecule has 5 aromatic rings.